The van der Waals surface area contributed by atoms with Crippen LogP contribution in [0.4, 0.5) is 5.69 Å². The molecule has 0 spiro atoms. The molecule has 0 unspecified atom stereocenters. The van der Waals surface area contributed by atoms with Gasteiger partial charge in [0.15, 0.2) is 0 Å². The van der Waals surface area contributed by atoms with Gasteiger partial charge >= 0.3 is 0 Å². The minimum atomic E-state index is -0.156. The Morgan fingerprint density at radius 2 is 1.78 bits per heavy atom. The Bertz CT molecular complexity index is 552. The van der Waals surface area contributed by atoms with Gasteiger partial charge in [0.05, 0.1) is 5.56 Å². The highest BCUT2D eigenvalue weighted by molar-refractivity contribution is 9.10. The first-order valence-corrected chi connectivity index (χ1v) is 6.33. The zero-order chi connectivity index (χ0) is 13.0. The highest BCUT2D eigenvalue weighted by atomic mass is 79.9. The summed E-state index contributed by atoms with van der Waals surface area (Å²) in [6, 6.07) is 14.8. The summed E-state index contributed by atoms with van der Waals surface area (Å²) in [6.07, 6.45) is 0. The molecule has 92 valence electrons. The van der Waals surface area contributed by atoms with Crippen LogP contribution >= 0.6 is 15.9 Å². The fraction of sp³-hybridized carbons (Fsp3) is 0.0714. The van der Waals surface area contributed by atoms with E-state index in [1.54, 1.807) is 24.3 Å². The lowest BCUT2D eigenvalue weighted by Crippen LogP contribution is -2.23. The predicted octanol–water partition coefficient (Wildman–Crippen LogP) is 2.96. The van der Waals surface area contributed by atoms with Crippen LogP contribution in [0, 0.1) is 0 Å². The lowest BCUT2D eigenvalue weighted by molar-refractivity contribution is 0.0952. The van der Waals surface area contributed by atoms with Crippen LogP contribution in [0.2, 0.25) is 0 Å². The van der Waals surface area contributed by atoms with Crippen molar-refractivity contribution in [2.45, 2.75) is 6.54 Å². The van der Waals surface area contributed by atoms with Gasteiger partial charge < -0.3 is 11.1 Å². The summed E-state index contributed by atoms with van der Waals surface area (Å²) in [5.41, 5.74) is 7.79. The van der Waals surface area contributed by atoms with Crippen LogP contribution in [0.3, 0.4) is 0 Å². The maximum atomic E-state index is 11.9. The van der Waals surface area contributed by atoms with E-state index < -0.39 is 0 Å². The number of anilines is 1. The maximum Gasteiger partial charge on any atom is 0.253 e. The van der Waals surface area contributed by atoms with E-state index in [0.717, 1.165) is 10.0 Å². The van der Waals surface area contributed by atoms with Gasteiger partial charge in [-0.25, -0.2) is 0 Å². The molecule has 0 saturated carbocycles. The molecule has 1 amide bonds. The summed E-state index contributed by atoms with van der Waals surface area (Å²) in [7, 11) is 0. The molecule has 18 heavy (non-hydrogen) atoms. The second kappa shape index (κ2) is 5.69. The van der Waals surface area contributed by atoms with Crippen molar-refractivity contribution in [1.29, 1.82) is 0 Å². The lowest BCUT2D eigenvalue weighted by atomic mass is 10.1. The molecule has 0 fully saturated rings. The van der Waals surface area contributed by atoms with Crippen LogP contribution in [-0.2, 0) is 6.54 Å². The van der Waals surface area contributed by atoms with Gasteiger partial charge in [-0.05, 0) is 29.8 Å². The largest absolute Gasteiger partial charge is 0.398 e. The quantitative estimate of drug-likeness (QED) is 0.857. The molecule has 0 aliphatic rings. The Morgan fingerprint density at radius 3 is 2.44 bits per heavy atom. The maximum absolute atomic E-state index is 11.9. The van der Waals surface area contributed by atoms with Gasteiger partial charge in [-0.3, -0.25) is 4.79 Å². The summed E-state index contributed by atoms with van der Waals surface area (Å²) in [5.74, 6) is -0.156. The molecule has 2 rings (SSSR count). The van der Waals surface area contributed by atoms with Gasteiger partial charge in [-0.15, -0.1) is 0 Å². The smallest absolute Gasteiger partial charge is 0.253 e. The molecular formula is C14H13BrN2O. The number of nitrogen functional groups attached to an aromatic ring is 1. The number of halogens is 1. The van der Waals surface area contributed by atoms with Crippen LogP contribution in [0.25, 0.3) is 0 Å². The van der Waals surface area contributed by atoms with Gasteiger partial charge in [0, 0.05) is 16.7 Å². The number of carbonyl (C=O) groups is 1. The number of hydrogen-bond donors (Lipinski definition) is 2. The molecule has 0 radical (unpaired) electrons. The molecule has 3 nitrogen and oxygen atoms in total. The SMILES string of the molecule is Nc1ccccc1C(=O)NCc1ccc(Br)cc1. The highest BCUT2D eigenvalue weighted by Gasteiger charge is 2.07. The Labute approximate surface area is 114 Å². The van der Waals surface area contributed by atoms with Gasteiger partial charge in [-0.1, -0.05) is 40.2 Å². The average Bonchev–Trinajstić information content (AvgIpc) is 2.38. The Hall–Kier alpha value is -1.81. The second-order valence-electron chi connectivity index (χ2n) is 3.90. The van der Waals surface area contributed by atoms with E-state index in [4.69, 9.17) is 5.73 Å². The number of rotatable bonds is 3. The minimum Gasteiger partial charge on any atom is -0.398 e. The number of amides is 1. The third-order valence-electron chi connectivity index (χ3n) is 2.57. The zero-order valence-corrected chi connectivity index (χ0v) is 11.3. The fourth-order valence-corrected chi connectivity index (χ4v) is 1.85. The van der Waals surface area contributed by atoms with E-state index in [1.807, 2.05) is 24.3 Å². The molecule has 0 aromatic heterocycles. The molecule has 0 saturated heterocycles. The van der Waals surface area contributed by atoms with Crippen molar-refractivity contribution in [2.75, 3.05) is 5.73 Å². The Balaban J connectivity index is 2.01. The van der Waals surface area contributed by atoms with Crippen LogP contribution in [0.15, 0.2) is 53.0 Å². The van der Waals surface area contributed by atoms with Crippen molar-refractivity contribution in [3.8, 4) is 0 Å². The topological polar surface area (TPSA) is 55.1 Å². The number of para-hydroxylation sites is 1. The third kappa shape index (κ3) is 3.11. The predicted molar refractivity (Wildman–Crippen MR) is 76.2 cm³/mol. The average molecular weight is 305 g/mol. The van der Waals surface area contributed by atoms with Crippen LogP contribution in [0.5, 0.6) is 0 Å². The van der Waals surface area contributed by atoms with Gasteiger partial charge in [0.2, 0.25) is 0 Å². The van der Waals surface area contributed by atoms with Crippen molar-refractivity contribution in [2.24, 2.45) is 0 Å². The van der Waals surface area contributed by atoms with E-state index in [-0.39, 0.29) is 5.91 Å². The van der Waals surface area contributed by atoms with E-state index in [9.17, 15) is 4.79 Å². The van der Waals surface area contributed by atoms with Crippen LogP contribution in [0.1, 0.15) is 15.9 Å². The van der Waals surface area contributed by atoms with E-state index in [2.05, 4.69) is 21.2 Å². The van der Waals surface area contributed by atoms with Crippen LogP contribution in [-0.4, -0.2) is 5.91 Å². The van der Waals surface area contributed by atoms with Gasteiger partial charge in [0.25, 0.3) is 5.91 Å². The second-order valence-corrected chi connectivity index (χ2v) is 4.81. The standard InChI is InChI=1S/C14H13BrN2O/c15-11-7-5-10(6-8-11)9-17-14(18)12-3-1-2-4-13(12)16/h1-8H,9,16H2,(H,17,18). The number of hydrogen-bond acceptors (Lipinski definition) is 2. The van der Waals surface area contributed by atoms with Crippen molar-refractivity contribution in [3.05, 3.63) is 64.1 Å². The molecule has 0 aliphatic carbocycles. The normalized spacial score (nSPS) is 10.1. The molecule has 3 N–H and O–H groups in total. The first kappa shape index (κ1) is 12.6. The van der Waals surface area contributed by atoms with E-state index in [0.29, 0.717) is 17.8 Å². The molecular weight excluding hydrogens is 292 g/mol. The number of nitrogens with two attached hydrogens (primary N) is 1. The lowest BCUT2D eigenvalue weighted by Gasteiger charge is -2.07. The minimum absolute atomic E-state index is 0.156. The van der Waals surface area contributed by atoms with Crippen molar-refractivity contribution >= 4 is 27.5 Å². The molecule has 0 heterocycles. The third-order valence-corrected chi connectivity index (χ3v) is 3.10. The van der Waals surface area contributed by atoms with Gasteiger partial charge in [0.1, 0.15) is 0 Å². The summed E-state index contributed by atoms with van der Waals surface area (Å²) < 4.78 is 1.02. The Morgan fingerprint density at radius 1 is 1.11 bits per heavy atom. The molecule has 2 aromatic rings. The van der Waals surface area contributed by atoms with Crippen molar-refractivity contribution in [1.82, 2.24) is 5.32 Å². The highest BCUT2D eigenvalue weighted by Crippen LogP contribution is 2.12. The number of nitrogens with one attached hydrogen (secondary N) is 1. The molecule has 2 aromatic carbocycles. The first-order valence-electron chi connectivity index (χ1n) is 5.54. The summed E-state index contributed by atoms with van der Waals surface area (Å²) in [4.78, 5) is 11.9. The molecule has 0 atom stereocenters. The van der Waals surface area contributed by atoms with Crippen LogP contribution < -0.4 is 11.1 Å². The molecule has 0 aliphatic heterocycles. The van der Waals surface area contributed by atoms with Crippen molar-refractivity contribution in [3.63, 3.8) is 0 Å². The fourth-order valence-electron chi connectivity index (χ4n) is 1.58. The summed E-state index contributed by atoms with van der Waals surface area (Å²) in [6.45, 7) is 0.487. The molecule has 4 heteroatoms. The summed E-state index contributed by atoms with van der Waals surface area (Å²) in [5, 5.41) is 2.84. The Kier molecular flexibility index (Phi) is 3.99. The number of benzene rings is 2. The van der Waals surface area contributed by atoms with Gasteiger partial charge in [-0.2, -0.15) is 0 Å². The zero-order valence-electron chi connectivity index (χ0n) is 9.69. The van der Waals surface area contributed by atoms with Crippen molar-refractivity contribution < 1.29 is 4.79 Å². The van der Waals surface area contributed by atoms with E-state index >= 15 is 0 Å². The monoisotopic (exact) mass is 304 g/mol. The number of carbonyl (C=O) groups excluding carboxylic acids is 1. The summed E-state index contributed by atoms with van der Waals surface area (Å²) >= 11 is 3.37. The molecule has 0 bridgehead atoms. The first-order chi connectivity index (χ1) is 8.66. The van der Waals surface area contributed by atoms with E-state index in [1.165, 1.54) is 0 Å².